The Kier molecular flexibility index (Phi) is 3.37. The third-order valence-electron chi connectivity index (χ3n) is 4.72. The van der Waals surface area contributed by atoms with Crippen LogP contribution in [0.5, 0.6) is 0 Å². The Labute approximate surface area is 135 Å². The minimum atomic E-state index is -0.165. The Morgan fingerprint density at radius 3 is 2.35 bits per heavy atom. The van der Waals surface area contributed by atoms with Crippen LogP contribution in [0.4, 0.5) is 5.69 Å². The zero-order chi connectivity index (χ0) is 15.8. The number of hydrogen-bond acceptors (Lipinski definition) is 3. The van der Waals surface area contributed by atoms with Crippen molar-refractivity contribution >= 4 is 17.5 Å². The number of imide groups is 1. The largest absolute Gasteiger partial charge is 0.382 e. The van der Waals surface area contributed by atoms with Crippen LogP contribution in [-0.2, 0) is 6.42 Å². The first-order valence-corrected chi connectivity index (χ1v) is 8.04. The maximum Gasteiger partial charge on any atom is 0.261 e. The van der Waals surface area contributed by atoms with Gasteiger partial charge in [0, 0.05) is 18.3 Å². The van der Waals surface area contributed by atoms with Crippen molar-refractivity contribution in [1.29, 1.82) is 0 Å². The van der Waals surface area contributed by atoms with E-state index in [0.717, 1.165) is 19.3 Å². The first-order valence-electron chi connectivity index (χ1n) is 8.04. The Balaban J connectivity index is 1.43. The van der Waals surface area contributed by atoms with Gasteiger partial charge < -0.3 is 5.32 Å². The van der Waals surface area contributed by atoms with Gasteiger partial charge in [-0.2, -0.15) is 0 Å². The van der Waals surface area contributed by atoms with Gasteiger partial charge in [-0.15, -0.1) is 0 Å². The number of carbonyl (C=O) groups is 2. The fourth-order valence-corrected chi connectivity index (χ4v) is 3.44. The maximum atomic E-state index is 12.4. The lowest BCUT2D eigenvalue weighted by atomic mass is 9.96. The van der Waals surface area contributed by atoms with Crippen molar-refractivity contribution in [2.45, 2.75) is 25.3 Å². The number of rotatable bonds is 3. The summed E-state index contributed by atoms with van der Waals surface area (Å²) in [4.78, 5) is 26.1. The molecular weight excluding hydrogens is 288 g/mol. The minimum Gasteiger partial charge on any atom is -0.382 e. The molecule has 0 saturated heterocycles. The summed E-state index contributed by atoms with van der Waals surface area (Å²) in [7, 11) is 0. The molecule has 2 aliphatic rings. The van der Waals surface area contributed by atoms with Crippen molar-refractivity contribution in [2.75, 3.05) is 11.9 Å². The standard InChI is InChI=1S/C19H18N2O2/c22-18-15-6-2-3-7-16(15)19(23)21(18)12-11-14-10-9-13-5-1-4-8-17(13)20-14/h1-8,14,20H,9-12H2. The molecule has 0 radical (unpaired) electrons. The van der Waals surface area contributed by atoms with Gasteiger partial charge in [0.25, 0.3) is 11.8 Å². The van der Waals surface area contributed by atoms with Gasteiger partial charge in [-0.25, -0.2) is 0 Å². The Bertz CT molecular complexity index is 749. The molecule has 0 spiro atoms. The minimum absolute atomic E-state index is 0.165. The highest BCUT2D eigenvalue weighted by atomic mass is 16.2. The number of para-hydroxylation sites is 1. The summed E-state index contributed by atoms with van der Waals surface area (Å²) in [5.74, 6) is -0.330. The normalized spacial score (nSPS) is 19.3. The molecule has 2 heterocycles. The lowest BCUT2D eigenvalue weighted by Crippen LogP contribution is -2.35. The lowest BCUT2D eigenvalue weighted by Gasteiger charge is -2.28. The molecule has 23 heavy (non-hydrogen) atoms. The van der Waals surface area contributed by atoms with E-state index in [-0.39, 0.29) is 11.8 Å². The molecule has 116 valence electrons. The number of fused-ring (bicyclic) bond motifs is 2. The first-order chi connectivity index (χ1) is 11.2. The molecule has 2 amide bonds. The molecule has 4 nitrogen and oxygen atoms in total. The molecule has 0 bridgehead atoms. The highest BCUT2D eigenvalue weighted by Crippen LogP contribution is 2.27. The van der Waals surface area contributed by atoms with Gasteiger partial charge in [-0.1, -0.05) is 30.3 Å². The fraction of sp³-hybridized carbons (Fsp3) is 0.263. The van der Waals surface area contributed by atoms with Crippen LogP contribution in [0.2, 0.25) is 0 Å². The zero-order valence-electron chi connectivity index (χ0n) is 12.8. The molecule has 1 atom stereocenters. The van der Waals surface area contributed by atoms with E-state index in [0.29, 0.717) is 23.7 Å². The number of nitrogens with zero attached hydrogens (tertiary/aromatic N) is 1. The van der Waals surface area contributed by atoms with E-state index in [9.17, 15) is 9.59 Å². The summed E-state index contributed by atoms with van der Waals surface area (Å²) < 4.78 is 0. The molecule has 1 N–H and O–H groups in total. The molecule has 2 aromatic rings. The van der Waals surface area contributed by atoms with E-state index >= 15 is 0 Å². The van der Waals surface area contributed by atoms with Gasteiger partial charge in [0.15, 0.2) is 0 Å². The van der Waals surface area contributed by atoms with Crippen LogP contribution < -0.4 is 5.32 Å². The second-order valence-electron chi connectivity index (χ2n) is 6.13. The highest BCUT2D eigenvalue weighted by molar-refractivity contribution is 6.21. The van der Waals surface area contributed by atoms with E-state index in [1.165, 1.54) is 16.2 Å². The molecule has 2 aromatic carbocycles. The molecule has 0 aromatic heterocycles. The monoisotopic (exact) mass is 306 g/mol. The number of benzene rings is 2. The number of aryl methyl sites for hydroxylation is 1. The SMILES string of the molecule is O=C1c2ccccc2C(=O)N1CCC1CCc2ccccc2N1. The fourth-order valence-electron chi connectivity index (χ4n) is 3.44. The Morgan fingerprint density at radius 1 is 0.957 bits per heavy atom. The van der Waals surface area contributed by atoms with Crippen LogP contribution in [-0.4, -0.2) is 29.3 Å². The van der Waals surface area contributed by atoms with Gasteiger partial charge in [-0.3, -0.25) is 14.5 Å². The van der Waals surface area contributed by atoms with Gasteiger partial charge in [-0.05, 0) is 43.0 Å². The number of amides is 2. The van der Waals surface area contributed by atoms with Gasteiger partial charge in [0.1, 0.15) is 0 Å². The average Bonchev–Trinajstić information content (AvgIpc) is 2.84. The van der Waals surface area contributed by atoms with Crippen molar-refractivity contribution in [3.8, 4) is 0 Å². The summed E-state index contributed by atoms with van der Waals surface area (Å²) in [6.45, 7) is 0.464. The average molecular weight is 306 g/mol. The van der Waals surface area contributed by atoms with Crippen LogP contribution in [0.1, 0.15) is 39.1 Å². The number of nitrogens with one attached hydrogen (secondary N) is 1. The van der Waals surface area contributed by atoms with Crippen molar-refractivity contribution in [3.05, 3.63) is 65.2 Å². The van der Waals surface area contributed by atoms with Crippen molar-refractivity contribution in [2.24, 2.45) is 0 Å². The molecule has 1 unspecified atom stereocenters. The van der Waals surface area contributed by atoms with E-state index in [1.807, 2.05) is 6.07 Å². The topological polar surface area (TPSA) is 49.4 Å². The van der Waals surface area contributed by atoms with E-state index < -0.39 is 0 Å². The quantitative estimate of drug-likeness (QED) is 0.887. The molecule has 4 heteroatoms. The summed E-state index contributed by atoms with van der Waals surface area (Å²) in [6, 6.07) is 15.7. The summed E-state index contributed by atoms with van der Waals surface area (Å²) in [5, 5.41) is 3.52. The third-order valence-corrected chi connectivity index (χ3v) is 4.72. The molecule has 0 saturated carbocycles. The summed E-state index contributed by atoms with van der Waals surface area (Å²) in [6.07, 6.45) is 2.84. The summed E-state index contributed by atoms with van der Waals surface area (Å²) >= 11 is 0. The van der Waals surface area contributed by atoms with Gasteiger partial charge in [0.05, 0.1) is 11.1 Å². The predicted octanol–water partition coefficient (Wildman–Crippen LogP) is 3.10. The van der Waals surface area contributed by atoms with Crippen molar-refractivity contribution in [3.63, 3.8) is 0 Å². The molecular formula is C19H18N2O2. The van der Waals surface area contributed by atoms with Crippen molar-refractivity contribution in [1.82, 2.24) is 4.90 Å². The predicted molar refractivity (Wildman–Crippen MR) is 88.6 cm³/mol. The second-order valence-corrected chi connectivity index (χ2v) is 6.13. The zero-order valence-corrected chi connectivity index (χ0v) is 12.8. The molecule has 0 fully saturated rings. The first kappa shape index (κ1) is 14.0. The van der Waals surface area contributed by atoms with E-state index in [1.54, 1.807) is 24.3 Å². The smallest absolute Gasteiger partial charge is 0.261 e. The highest BCUT2D eigenvalue weighted by Gasteiger charge is 2.35. The van der Waals surface area contributed by atoms with Crippen LogP contribution in [0.3, 0.4) is 0 Å². The summed E-state index contributed by atoms with van der Waals surface area (Å²) in [5.41, 5.74) is 3.56. The van der Waals surface area contributed by atoms with E-state index in [4.69, 9.17) is 0 Å². The van der Waals surface area contributed by atoms with Crippen LogP contribution in [0.15, 0.2) is 48.5 Å². The molecule has 2 aliphatic heterocycles. The van der Waals surface area contributed by atoms with Crippen molar-refractivity contribution < 1.29 is 9.59 Å². The Hall–Kier alpha value is -2.62. The second kappa shape index (κ2) is 5.54. The molecule has 4 rings (SSSR count). The maximum absolute atomic E-state index is 12.4. The van der Waals surface area contributed by atoms with Crippen LogP contribution in [0, 0.1) is 0 Å². The lowest BCUT2D eigenvalue weighted by molar-refractivity contribution is 0.0650. The van der Waals surface area contributed by atoms with Gasteiger partial charge in [0.2, 0.25) is 0 Å². The van der Waals surface area contributed by atoms with Crippen LogP contribution >= 0.6 is 0 Å². The number of anilines is 1. The van der Waals surface area contributed by atoms with Gasteiger partial charge >= 0.3 is 0 Å². The number of hydrogen-bond donors (Lipinski definition) is 1. The van der Waals surface area contributed by atoms with E-state index in [2.05, 4.69) is 23.5 Å². The number of carbonyl (C=O) groups excluding carboxylic acids is 2. The molecule has 0 aliphatic carbocycles. The third kappa shape index (κ3) is 2.40. The van der Waals surface area contributed by atoms with Crippen LogP contribution in [0.25, 0.3) is 0 Å². The Morgan fingerprint density at radius 2 is 1.61 bits per heavy atom.